The van der Waals surface area contributed by atoms with Crippen molar-refractivity contribution in [1.82, 2.24) is 0 Å². The Balaban J connectivity index is 2.41. The molecule has 1 N–H and O–H groups in total. The fourth-order valence-corrected chi connectivity index (χ4v) is 4.85. The van der Waals surface area contributed by atoms with Crippen LogP contribution < -0.4 is 5.32 Å². The molecule has 2 aromatic carbocycles. The molecule has 0 aromatic heterocycles. The topological polar surface area (TPSA) is 47.6 Å². The van der Waals surface area contributed by atoms with E-state index in [0.29, 0.717) is 5.56 Å². The van der Waals surface area contributed by atoms with Crippen molar-refractivity contribution in [3.63, 3.8) is 0 Å². The molecule has 0 aliphatic heterocycles. The van der Waals surface area contributed by atoms with E-state index in [9.17, 15) is 8.96 Å². The summed E-state index contributed by atoms with van der Waals surface area (Å²) >= 11 is 3.40. The highest BCUT2D eigenvalue weighted by Crippen LogP contribution is 2.55. The Hall–Kier alpha value is -1.46. The molecule has 0 radical (unpaired) electrons. The van der Waals surface area contributed by atoms with Gasteiger partial charge in [-0.1, -0.05) is 40.2 Å². The lowest BCUT2D eigenvalue weighted by Crippen LogP contribution is -2.23. The van der Waals surface area contributed by atoms with Gasteiger partial charge < -0.3 is 14.4 Å². The van der Waals surface area contributed by atoms with Gasteiger partial charge in [0.15, 0.2) is 0 Å². The summed E-state index contributed by atoms with van der Waals surface area (Å²) in [5.41, 5.74) is 1.14. The van der Waals surface area contributed by atoms with E-state index in [0.717, 1.165) is 10.2 Å². The molecule has 0 aliphatic carbocycles. The molecule has 7 heteroatoms. The number of hydrogen-bond donors (Lipinski definition) is 1. The molecule has 0 amide bonds. The molecule has 28 heavy (non-hydrogen) atoms. The summed E-state index contributed by atoms with van der Waals surface area (Å²) in [5.74, 6) is -1.15. The molecule has 0 bridgehead atoms. The number of rotatable bonds is 9. The lowest BCUT2D eigenvalue weighted by molar-refractivity contribution is 0.140. The summed E-state index contributed by atoms with van der Waals surface area (Å²) in [6.07, 6.45) is 2.61. The first-order valence-corrected chi connectivity index (χ1v) is 11.5. The first kappa shape index (κ1) is 22.8. The van der Waals surface area contributed by atoms with Crippen molar-refractivity contribution in [2.75, 3.05) is 5.32 Å². The highest BCUT2D eigenvalue weighted by atomic mass is 79.9. The normalized spacial score (nSPS) is 13.4. The van der Waals surface area contributed by atoms with E-state index in [1.165, 1.54) is 6.07 Å². The van der Waals surface area contributed by atoms with Crippen molar-refractivity contribution in [3.8, 4) is 0 Å². The Morgan fingerprint density at radius 3 is 2.11 bits per heavy atom. The Kier molecular flexibility index (Phi) is 8.44. The van der Waals surface area contributed by atoms with Crippen LogP contribution in [0, 0.1) is 5.82 Å². The number of benzene rings is 2. The summed E-state index contributed by atoms with van der Waals surface area (Å²) in [7, 11) is -3.60. The van der Waals surface area contributed by atoms with Crippen molar-refractivity contribution < 1.29 is 18.0 Å². The van der Waals surface area contributed by atoms with Gasteiger partial charge in [-0.2, -0.15) is 0 Å². The first-order valence-electron chi connectivity index (χ1n) is 9.11. The van der Waals surface area contributed by atoms with Crippen LogP contribution in [-0.4, -0.2) is 18.0 Å². The van der Waals surface area contributed by atoms with Crippen molar-refractivity contribution >= 4 is 35.3 Å². The average Bonchev–Trinajstić information content (AvgIpc) is 2.60. The quantitative estimate of drug-likeness (QED) is 0.398. The molecule has 0 unspecified atom stereocenters. The fraction of sp³-hybridized carbons (Fsp3) is 0.333. The van der Waals surface area contributed by atoms with E-state index < -0.39 is 13.4 Å². The van der Waals surface area contributed by atoms with Gasteiger partial charge in [-0.05, 0) is 64.1 Å². The van der Waals surface area contributed by atoms with E-state index in [1.54, 1.807) is 58.0 Å². The second kappa shape index (κ2) is 10.4. The van der Waals surface area contributed by atoms with Gasteiger partial charge >= 0.3 is 7.60 Å². The van der Waals surface area contributed by atoms with Crippen LogP contribution in [0.1, 0.15) is 33.3 Å². The predicted octanol–water partition coefficient (Wildman–Crippen LogP) is 7.08. The average molecular weight is 470 g/mol. The van der Waals surface area contributed by atoms with E-state index in [1.807, 2.05) is 24.3 Å². The van der Waals surface area contributed by atoms with Crippen LogP contribution >= 0.6 is 23.5 Å². The molecular formula is C21H26BrFNO3P. The van der Waals surface area contributed by atoms with E-state index in [2.05, 4.69) is 21.2 Å². The van der Waals surface area contributed by atoms with Crippen LogP contribution in [-0.2, 0) is 13.6 Å². The maximum Gasteiger partial charge on any atom is 0.357 e. The van der Waals surface area contributed by atoms with E-state index in [-0.39, 0.29) is 18.0 Å². The van der Waals surface area contributed by atoms with Gasteiger partial charge in [-0.15, -0.1) is 0 Å². The summed E-state index contributed by atoms with van der Waals surface area (Å²) in [6.45, 7) is 7.20. The smallest absolute Gasteiger partial charge is 0.357 e. The van der Waals surface area contributed by atoms with Gasteiger partial charge in [-0.3, -0.25) is 4.57 Å². The molecule has 4 nitrogen and oxygen atoms in total. The number of nitrogens with one attached hydrogen (secondary N) is 1. The minimum absolute atomic E-state index is 0.305. The van der Waals surface area contributed by atoms with Crippen LogP contribution in [0.5, 0.6) is 0 Å². The minimum atomic E-state index is -3.60. The third-order valence-electron chi connectivity index (χ3n) is 3.58. The maximum atomic E-state index is 14.0. The maximum absolute atomic E-state index is 14.0. The molecular weight excluding hydrogens is 444 g/mol. The highest BCUT2D eigenvalue weighted by molar-refractivity contribution is 9.10. The van der Waals surface area contributed by atoms with Gasteiger partial charge in [0.05, 0.1) is 12.2 Å². The molecule has 1 atom stereocenters. The zero-order chi connectivity index (χ0) is 20.7. The second-order valence-corrected chi connectivity index (χ2v) is 9.80. The fourth-order valence-electron chi connectivity index (χ4n) is 2.50. The predicted molar refractivity (Wildman–Crippen MR) is 117 cm³/mol. The summed E-state index contributed by atoms with van der Waals surface area (Å²) < 4.78 is 40.1. The van der Waals surface area contributed by atoms with Crippen molar-refractivity contribution in [1.29, 1.82) is 0 Å². The first-order chi connectivity index (χ1) is 13.2. The van der Waals surface area contributed by atoms with Crippen LogP contribution in [0.3, 0.4) is 0 Å². The molecule has 0 saturated heterocycles. The zero-order valence-corrected chi connectivity index (χ0v) is 18.9. The van der Waals surface area contributed by atoms with Crippen LogP contribution in [0.4, 0.5) is 10.1 Å². The Morgan fingerprint density at radius 2 is 1.57 bits per heavy atom. The third-order valence-corrected chi connectivity index (χ3v) is 6.52. The summed E-state index contributed by atoms with van der Waals surface area (Å²) in [4.78, 5) is 0. The van der Waals surface area contributed by atoms with Gasteiger partial charge in [0, 0.05) is 15.7 Å². The van der Waals surface area contributed by atoms with Crippen LogP contribution in [0.2, 0.25) is 0 Å². The van der Waals surface area contributed by atoms with Crippen LogP contribution in [0.25, 0.3) is 6.08 Å². The molecule has 2 aromatic rings. The standard InChI is InChI=1S/C21H26BrFNO3P/c1-15(2)26-28(25,27-16(3)4)21(24-19-12-10-18(22)11-13-19)14-9-17-7-5-6-8-20(17)23/h5-16,21,24H,1-4H3/b14-9+/t21-/m1/s1. The molecule has 2 rings (SSSR count). The number of anilines is 1. The molecule has 0 fully saturated rings. The largest absolute Gasteiger partial charge is 0.368 e. The molecule has 0 heterocycles. The lowest BCUT2D eigenvalue weighted by atomic mass is 10.2. The monoisotopic (exact) mass is 469 g/mol. The van der Waals surface area contributed by atoms with Crippen molar-refractivity contribution in [2.45, 2.75) is 45.7 Å². The van der Waals surface area contributed by atoms with Gasteiger partial charge in [0.2, 0.25) is 0 Å². The third kappa shape index (κ3) is 6.85. The van der Waals surface area contributed by atoms with Crippen molar-refractivity contribution in [3.05, 3.63) is 70.5 Å². The molecule has 152 valence electrons. The van der Waals surface area contributed by atoms with Gasteiger partial charge in [0.25, 0.3) is 0 Å². The SMILES string of the molecule is CC(C)OP(=O)(OC(C)C)[C@H](/C=C/c1ccccc1F)Nc1ccc(Br)cc1. The number of hydrogen-bond acceptors (Lipinski definition) is 4. The Bertz CT molecular complexity index is 826. The van der Waals surface area contributed by atoms with E-state index in [4.69, 9.17) is 9.05 Å². The second-order valence-electron chi connectivity index (χ2n) is 6.82. The van der Waals surface area contributed by atoms with Crippen molar-refractivity contribution in [2.24, 2.45) is 0 Å². The summed E-state index contributed by atoms with van der Waals surface area (Å²) in [6, 6.07) is 13.8. The Morgan fingerprint density at radius 1 is 1.00 bits per heavy atom. The summed E-state index contributed by atoms with van der Waals surface area (Å²) in [5, 5.41) is 3.20. The number of halogens is 2. The Labute approximate surface area is 174 Å². The molecule has 0 saturated carbocycles. The molecule has 0 spiro atoms. The zero-order valence-electron chi connectivity index (χ0n) is 16.4. The lowest BCUT2D eigenvalue weighted by Gasteiger charge is -2.29. The van der Waals surface area contributed by atoms with Crippen LogP contribution in [0.15, 0.2) is 59.1 Å². The minimum Gasteiger partial charge on any atom is -0.368 e. The van der Waals surface area contributed by atoms with E-state index >= 15 is 0 Å². The highest BCUT2D eigenvalue weighted by Gasteiger charge is 2.36. The van der Waals surface area contributed by atoms with Gasteiger partial charge in [-0.25, -0.2) is 4.39 Å². The van der Waals surface area contributed by atoms with Gasteiger partial charge in [0.1, 0.15) is 11.6 Å². The molecule has 0 aliphatic rings.